The van der Waals surface area contributed by atoms with Crippen molar-refractivity contribution in [1.82, 2.24) is 20.9 Å². The SMILES string of the molecule is C[C@H]1CCCC[C@@H]1NC(=O)NC(=O)COC(=O)CN1C(=O)NC2(CCCC2)C1=O. The summed E-state index contributed by atoms with van der Waals surface area (Å²) in [6.45, 7) is 0.825. The Hall–Kier alpha value is -2.65. The first-order valence-corrected chi connectivity index (χ1v) is 10.2. The van der Waals surface area contributed by atoms with Gasteiger partial charge in [0.05, 0.1) is 0 Å². The van der Waals surface area contributed by atoms with E-state index in [0.29, 0.717) is 18.8 Å². The molecule has 10 nitrogen and oxygen atoms in total. The predicted molar refractivity (Wildman–Crippen MR) is 100 cm³/mol. The molecule has 0 aromatic heterocycles. The number of rotatable bonds is 5. The largest absolute Gasteiger partial charge is 0.454 e. The van der Waals surface area contributed by atoms with Gasteiger partial charge in [-0.1, -0.05) is 32.6 Å². The van der Waals surface area contributed by atoms with Gasteiger partial charge in [0, 0.05) is 6.04 Å². The Labute approximate surface area is 169 Å². The van der Waals surface area contributed by atoms with Gasteiger partial charge in [0.2, 0.25) is 0 Å². The molecule has 3 aliphatic rings. The van der Waals surface area contributed by atoms with Crippen molar-refractivity contribution in [3.8, 4) is 0 Å². The second kappa shape index (κ2) is 8.79. The summed E-state index contributed by atoms with van der Waals surface area (Å²) < 4.78 is 4.82. The second-order valence-electron chi connectivity index (χ2n) is 8.16. The highest BCUT2D eigenvalue weighted by molar-refractivity contribution is 6.09. The quantitative estimate of drug-likeness (QED) is 0.455. The zero-order chi connectivity index (χ0) is 21.0. The fourth-order valence-electron chi connectivity index (χ4n) is 4.36. The smallest absolute Gasteiger partial charge is 0.326 e. The topological polar surface area (TPSA) is 134 Å². The van der Waals surface area contributed by atoms with Crippen molar-refractivity contribution in [3.05, 3.63) is 0 Å². The number of hydrogen-bond donors (Lipinski definition) is 3. The molecule has 160 valence electrons. The third-order valence-electron chi connectivity index (χ3n) is 6.04. The van der Waals surface area contributed by atoms with Gasteiger partial charge in [-0.05, 0) is 31.6 Å². The van der Waals surface area contributed by atoms with Gasteiger partial charge in [0.15, 0.2) is 6.61 Å². The monoisotopic (exact) mass is 408 g/mol. The van der Waals surface area contributed by atoms with E-state index < -0.39 is 48.5 Å². The normalized spacial score (nSPS) is 25.6. The Kier molecular flexibility index (Phi) is 6.39. The highest BCUT2D eigenvalue weighted by atomic mass is 16.5. The van der Waals surface area contributed by atoms with Crippen LogP contribution in [0.15, 0.2) is 0 Å². The van der Waals surface area contributed by atoms with Crippen LogP contribution in [0.3, 0.4) is 0 Å². The van der Waals surface area contributed by atoms with Crippen molar-refractivity contribution in [2.24, 2.45) is 5.92 Å². The summed E-state index contributed by atoms with van der Waals surface area (Å²) in [6, 6.07) is -1.23. The van der Waals surface area contributed by atoms with Crippen molar-refractivity contribution in [1.29, 1.82) is 0 Å². The van der Waals surface area contributed by atoms with Crippen molar-refractivity contribution in [3.63, 3.8) is 0 Å². The van der Waals surface area contributed by atoms with Crippen molar-refractivity contribution >= 4 is 29.8 Å². The second-order valence-corrected chi connectivity index (χ2v) is 8.16. The average molecular weight is 408 g/mol. The Morgan fingerprint density at radius 1 is 1.14 bits per heavy atom. The molecule has 1 aliphatic heterocycles. The van der Waals surface area contributed by atoms with Gasteiger partial charge >= 0.3 is 18.0 Å². The van der Waals surface area contributed by atoms with E-state index in [9.17, 15) is 24.0 Å². The molecule has 1 heterocycles. The maximum Gasteiger partial charge on any atom is 0.326 e. The summed E-state index contributed by atoms with van der Waals surface area (Å²) in [4.78, 5) is 61.1. The van der Waals surface area contributed by atoms with Gasteiger partial charge in [-0.3, -0.25) is 24.6 Å². The molecule has 2 aliphatic carbocycles. The number of hydrogen-bond acceptors (Lipinski definition) is 6. The number of esters is 1. The number of imide groups is 2. The molecule has 2 atom stereocenters. The average Bonchev–Trinajstić information content (AvgIpc) is 3.23. The molecule has 0 bridgehead atoms. The molecule has 1 spiro atoms. The number of amides is 6. The first kappa shape index (κ1) is 21.1. The highest BCUT2D eigenvalue weighted by Crippen LogP contribution is 2.34. The molecule has 10 heteroatoms. The molecular formula is C19H28N4O6. The Morgan fingerprint density at radius 2 is 1.83 bits per heavy atom. The van der Waals surface area contributed by atoms with Crippen LogP contribution in [0.25, 0.3) is 0 Å². The molecule has 0 aromatic rings. The summed E-state index contributed by atoms with van der Waals surface area (Å²) in [6.07, 6.45) is 6.85. The van der Waals surface area contributed by atoms with Gasteiger partial charge in [-0.25, -0.2) is 9.59 Å². The van der Waals surface area contributed by atoms with Crippen LogP contribution in [-0.4, -0.2) is 59.5 Å². The van der Waals surface area contributed by atoms with E-state index in [-0.39, 0.29) is 6.04 Å². The van der Waals surface area contributed by atoms with Crippen LogP contribution >= 0.6 is 0 Å². The molecule has 3 N–H and O–H groups in total. The summed E-state index contributed by atoms with van der Waals surface area (Å²) in [5, 5.41) is 7.56. The summed E-state index contributed by atoms with van der Waals surface area (Å²) in [5.41, 5.74) is -0.900. The predicted octanol–water partition coefficient (Wildman–Crippen LogP) is 0.799. The summed E-state index contributed by atoms with van der Waals surface area (Å²) in [5.74, 6) is -1.75. The van der Waals surface area contributed by atoms with Crippen molar-refractivity contribution < 1.29 is 28.7 Å². The Morgan fingerprint density at radius 3 is 2.52 bits per heavy atom. The lowest BCUT2D eigenvalue weighted by molar-refractivity contribution is -0.150. The standard InChI is InChI=1S/C19H28N4O6/c1-12-6-2-3-7-13(12)20-17(27)21-14(24)11-29-15(25)10-23-16(26)19(22-18(23)28)8-4-5-9-19/h12-13H,2-11H2,1H3,(H,22,28)(H2,20,21,24,27)/t12-,13-/m0/s1. The molecule has 3 fully saturated rings. The van der Waals surface area contributed by atoms with Crippen LogP contribution in [0.1, 0.15) is 58.3 Å². The molecular weight excluding hydrogens is 380 g/mol. The minimum absolute atomic E-state index is 0.0155. The van der Waals surface area contributed by atoms with E-state index in [0.717, 1.165) is 43.4 Å². The molecule has 3 rings (SSSR count). The third-order valence-corrected chi connectivity index (χ3v) is 6.04. The molecule has 2 saturated carbocycles. The molecule has 0 unspecified atom stereocenters. The van der Waals surface area contributed by atoms with E-state index >= 15 is 0 Å². The fourth-order valence-corrected chi connectivity index (χ4v) is 4.36. The Bertz CT molecular complexity index is 703. The van der Waals surface area contributed by atoms with Crippen LogP contribution in [0.5, 0.6) is 0 Å². The molecule has 0 aromatic carbocycles. The maximum atomic E-state index is 12.5. The van der Waals surface area contributed by atoms with Crippen LogP contribution < -0.4 is 16.0 Å². The number of carbonyl (C=O) groups is 5. The molecule has 29 heavy (non-hydrogen) atoms. The minimum Gasteiger partial charge on any atom is -0.454 e. The zero-order valence-corrected chi connectivity index (χ0v) is 16.6. The number of carbonyl (C=O) groups excluding carboxylic acids is 5. The van der Waals surface area contributed by atoms with Crippen LogP contribution in [0, 0.1) is 5.92 Å². The summed E-state index contributed by atoms with van der Waals surface area (Å²) >= 11 is 0. The van der Waals surface area contributed by atoms with Crippen LogP contribution in [0.2, 0.25) is 0 Å². The molecule has 6 amide bonds. The minimum atomic E-state index is -0.900. The van der Waals surface area contributed by atoms with E-state index in [1.807, 2.05) is 0 Å². The number of urea groups is 2. The third kappa shape index (κ3) is 4.86. The van der Waals surface area contributed by atoms with E-state index in [1.54, 1.807) is 0 Å². The maximum absolute atomic E-state index is 12.5. The van der Waals surface area contributed by atoms with Crippen LogP contribution in [-0.2, 0) is 19.1 Å². The fraction of sp³-hybridized carbons (Fsp3) is 0.737. The first-order valence-electron chi connectivity index (χ1n) is 10.2. The van der Waals surface area contributed by atoms with Gasteiger partial charge in [-0.2, -0.15) is 0 Å². The van der Waals surface area contributed by atoms with Gasteiger partial charge < -0.3 is 15.4 Å². The number of ether oxygens (including phenoxy) is 1. The van der Waals surface area contributed by atoms with Crippen molar-refractivity contribution in [2.75, 3.05) is 13.2 Å². The van der Waals surface area contributed by atoms with Crippen molar-refractivity contribution in [2.45, 2.75) is 69.9 Å². The van der Waals surface area contributed by atoms with E-state index in [1.165, 1.54) is 0 Å². The lowest BCUT2D eigenvalue weighted by Crippen LogP contribution is -2.48. The number of nitrogens with one attached hydrogen (secondary N) is 3. The highest BCUT2D eigenvalue weighted by Gasteiger charge is 2.52. The van der Waals surface area contributed by atoms with Gasteiger partial charge in [0.25, 0.3) is 11.8 Å². The van der Waals surface area contributed by atoms with Gasteiger partial charge in [-0.15, -0.1) is 0 Å². The van der Waals surface area contributed by atoms with E-state index in [2.05, 4.69) is 22.9 Å². The lowest BCUT2D eigenvalue weighted by Gasteiger charge is -2.29. The van der Waals surface area contributed by atoms with E-state index in [4.69, 9.17) is 4.74 Å². The lowest BCUT2D eigenvalue weighted by atomic mass is 9.86. The Balaban J connectivity index is 1.40. The first-order chi connectivity index (χ1) is 13.8. The zero-order valence-electron chi connectivity index (χ0n) is 16.6. The van der Waals surface area contributed by atoms with Gasteiger partial charge in [0.1, 0.15) is 12.1 Å². The number of nitrogens with zero attached hydrogens (tertiary/aromatic N) is 1. The molecule has 0 radical (unpaired) electrons. The van der Waals surface area contributed by atoms with Crippen LogP contribution in [0.4, 0.5) is 9.59 Å². The summed E-state index contributed by atoms with van der Waals surface area (Å²) in [7, 11) is 0. The molecule has 1 saturated heterocycles.